The minimum atomic E-state index is -0.529. The van der Waals surface area contributed by atoms with E-state index in [2.05, 4.69) is 254 Å². The maximum atomic E-state index is 6.68. The van der Waals surface area contributed by atoms with Crippen LogP contribution in [-0.2, 0) is 5.41 Å². The summed E-state index contributed by atoms with van der Waals surface area (Å²) in [6, 6.07) is 90.8. The van der Waals surface area contributed by atoms with Crippen LogP contribution in [0, 0.1) is 0 Å². The van der Waals surface area contributed by atoms with Crippen molar-refractivity contribution in [2.45, 2.75) is 5.41 Å². The van der Waals surface area contributed by atoms with Crippen LogP contribution >= 0.6 is 0 Å². The van der Waals surface area contributed by atoms with Gasteiger partial charge in [0.25, 0.3) is 0 Å². The van der Waals surface area contributed by atoms with Crippen LogP contribution in [0.5, 0.6) is 0 Å². The summed E-state index contributed by atoms with van der Waals surface area (Å²) in [5.74, 6) is 0. The number of hydrogen-bond acceptors (Lipinski definition) is 2. The first kappa shape index (κ1) is 37.1. The Kier molecular flexibility index (Phi) is 8.47. The predicted octanol–water partition coefficient (Wildman–Crippen LogP) is 17.1. The molecule has 13 rings (SSSR count). The third-order valence-corrected chi connectivity index (χ3v) is 13.7. The maximum absolute atomic E-state index is 6.68. The van der Waals surface area contributed by atoms with Gasteiger partial charge in [-0.15, -0.1) is 0 Å². The molecule has 2 heteroatoms. The lowest BCUT2D eigenvalue weighted by Crippen LogP contribution is -2.28. The van der Waals surface area contributed by atoms with Crippen molar-refractivity contribution in [1.82, 2.24) is 0 Å². The second-order valence-electron chi connectivity index (χ2n) is 17.1. The lowest BCUT2D eigenvalue weighted by atomic mass is 9.68. The van der Waals surface area contributed by atoms with E-state index < -0.39 is 5.41 Å². The van der Waals surface area contributed by atoms with E-state index in [1.807, 2.05) is 0 Å². The van der Waals surface area contributed by atoms with Crippen molar-refractivity contribution in [3.63, 3.8) is 0 Å². The maximum Gasteiger partial charge on any atom is 0.143 e. The van der Waals surface area contributed by atoms with Gasteiger partial charge >= 0.3 is 0 Å². The van der Waals surface area contributed by atoms with Crippen molar-refractivity contribution in [2.24, 2.45) is 0 Å². The molecule has 2 nitrogen and oxygen atoms in total. The second kappa shape index (κ2) is 14.8. The van der Waals surface area contributed by atoms with Crippen LogP contribution in [0.25, 0.3) is 76.9 Å². The van der Waals surface area contributed by atoms with E-state index in [1.165, 1.54) is 60.7 Å². The highest BCUT2D eigenvalue weighted by Crippen LogP contribution is 2.59. The number of nitrogens with zero attached hydrogens (tertiary/aromatic N) is 1. The molecule has 0 bridgehead atoms. The Labute approximate surface area is 377 Å². The highest BCUT2D eigenvalue weighted by atomic mass is 16.3. The molecule has 0 N–H and O–H groups in total. The topological polar surface area (TPSA) is 16.4 Å². The number of rotatable bonds is 7. The molecule has 0 atom stereocenters. The van der Waals surface area contributed by atoms with Crippen LogP contribution in [0.1, 0.15) is 22.3 Å². The van der Waals surface area contributed by atoms with Crippen LogP contribution in [0.3, 0.4) is 0 Å². The van der Waals surface area contributed by atoms with Crippen LogP contribution in [0.15, 0.2) is 253 Å². The molecule has 11 aromatic carbocycles. The molecule has 1 aliphatic carbocycles. The van der Waals surface area contributed by atoms with Crippen molar-refractivity contribution >= 4 is 60.5 Å². The van der Waals surface area contributed by atoms with Gasteiger partial charge in [0.05, 0.1) is 11.1 Å². The Morgan fingerprint density at radius 1 is 0.354 bits per heavy atom. The third kappa shape index (κ3) is 5.67. The Bertz CT molecular complexity index is 3730. The summed E-state index contributed by atoms with van der Waals surface area (Å²) in [5, 5.41) is 7.03. The van der Waals surface area contributed by atoms with Gasteiger partial charge in [0.2, 0.25) is 0 Å². The molecule has 0 spiro atoms. The van der Waals surface area contributed by atoms with Gasteiger partial charge < -0.3 is 9.32 Å². The summed E-state index contributed by atoms with van der Waals surface area (Å²) >= 11 is 0. The fourth-order valence-electron chi connectivity index (χ4n) is 11.0. The Balaban J connectivity index is 1.05. The van der Waals surface area contributed by atoms with Crippen molar-refractivity contribution in [3.05, 3.63) is 271 Å². The summed E-state index contributed by atoms with van der Waals surface area (Å²) in [6.07, 6.45) is 0. The van der Waals surface area contributed by atoms with E-state index in [1.54, 1.807) is 0 Å². The van der Waals surface area contributed by atoms with Gasteiger partial charge in [-0.25, -0.2) is 0 Å². The first-order chi connectivity index (χ1) is 32.3. The Morgan fingerprint density at radius 2 is 0.954 bits per heavy atom. The van der Waals surface area contributed by atoms with E-state index in [0.717, 1.165) is 55.5 Å². The van der Waals surface area contributed by atoms with Gasteiger partial charge in [-0.3, -0.25) is 0 Å². The van der Waals surface area contributed by atoms with E-state index in [-0.39, 0.29) is 0 Å². The average Bonchev–Trinajstić information content (AvgIpc) is 3.92. The second-order valence-corrected chi connectivity index (χ2v) is 17.1. The molecule has 0 saturated carbocycles. The van der Waals surface area contributed by atoms with Crippen molar-refractivity contribution in [2.75, 3.05) is 4.90 Å². The minimum absolute atomic E-state index is 0.529. The van der Waals surface area contributed by atoms with Gasteiger partial charge in [0.1, 0.15) is 11.2 Å². The fraction of sp³-hybridized carbons (Fsp3) is 0.0159. The molecular weight excluding hydrogens is 787 g/mol. The highest BCUT2D eigenvalue weighted by molar-refractivity contribution is 6.19. The lowest BCUT2D eigenvalue weighted by Gasteiger charge is -2.34. The molecule has 1 aliphatic rings. The van der Waals surface area contributed by atoms with Gasteiger partial charge in [-0.1, -0.05) is 206 Å². The predicted molar refractivity (Wildman–Crippen MR) is 272 cm³/mol. The molecule has 65 heavy (non-hydrogen) atoms. The zero-order chi connectivity index (χ0) is 42.9. The Hall–Kier alpha value is -8.46. The standard InChI is InChI=1S/C63H41NO/c1-3-21-46(22-4-1)63(47-23-5-2-6-24-47)56-31-12-11-28-54(56)61-57(63)32-16-33-58(61)64(48-38-35-44(36-39-48)51-29-14-19-42-17-7-9-26-50(42)51)49-25-13-20-45(41-49)52-30-15-34-59-60(52)55-40-37-43-18-8-10-27-53(43)62(55)65-59/h1-41H. The van der Waals surface area contributed by atoms with Crippen LogP contribution in [-0.4, -0.2) is 0 Å². The smallest absolute Gasteiger partial charge is 0.143 e. The zero-order valence-corrected chi connectivity index (χ0v) is 35.5. The molecule has 0 unspecified atom stereocenters. The van der Waals surface area contributed by atoms with E-state index in [0.29, 0.717) is 0 Å². The van der Waals surface area contributed by atoms with Gasteiger partial charge in [-0.2, -0.15) is 0 Å². The summed E-state index contributed by atoms with van der Waals surface area (Å²) in [4.78, 5) is 2.47. The molecule has 0 radical (unpaired) electrons. The van der Waals surface area contributed by atoms with Crippen molar-refractivity contribution in [1.29, 1.82) is 0 Å². The van der Waals surface area contributed by atoms with Crippen LogP contribution in [0.4, 0.5) is 17.1 Å². The monoisotopic (exact) mass is 827 g/mol. The Morgan fingerprint density at radius 3 is 1.75 bits per heavy atom. The minimum Gasteiger partial charge on any atom is -0.455 e. The summed E-state index contributed by atoms with van der Waals surface area (Å²) < 4.78 is 6.68. The normalized spacial score (nSPS) is 12.7. The number of furan rings is 1. The van der Waals surface area contributed by atoms with E-state index >= 15 is 0 Å². The lowest BCUT2D eigenvalue weighted by molar-refractivity contribution is 0.673. The van der Waals surface area contributed by atoms with E-state index in [9.17, 15) is 0 Å². The van der Waals surface area contributed by atoms with Crippen molar-refractivity contribution in [3.8, 4) is 33.4 Å². The molecular formula is C63H41NO. The number of benzene rings is 11. The molecule has 0 saturated heterocycles. The van der Waals surface area contributed by atoms with Gasteiger partial charge in [-0.05, 0) is 109 Å². The average molecular weight is 828 g/mol. The zero-order valence-electron chi connectivity index (χ0n) is 35.5. The quantitative estimate of drug-likeness (QED) is 0.159. The summed E-state index contributed by atoms with van der Waals surface area (Å²) in [5.41, 5.74) is 16.7. The van der Waals surface area contributed by atoms with Crippen molar-refractivity contribution < 1.29 is 4.42 Å². The summed E-state index contributed by atoms with van der Waals surface area (Å²) in [6.45, 7) is 0. The molecule has 0 fully saturated rings. The molecule has 1 heterocycles. The first-order valence-electron chi connectivity index (χ1n) is 22.4. The molecule has 304 valence electrons. The molecule has 0 aliphatic heterocycles. The highest BCUT2D eigenvalue weighted by Gasteiger charge is 2.47. The summed E-state index contributed by atoms with van der Waals surface area (Å²) in [7, 11) is 0. The number of hydrogen-bond donors (Lipinski definition) is 0. The third-order valence-electron chi connectivity index (χ3n) is 13.7. The van der Waals surface area contributed by atoms with Gasteiger partial charge in [0, 0.05) is 33.1 Å². The largest absolute Gasteiger partial charge is 0.455 e. The molecule has 0 amide bonds. The molecule has 12 aromatic rings. The first-order valence-corrected chi connectivity index (χ1v) is 22.4. The number of anilines is 3. The van der Waals surface area contributed by atoms with Crippen LogP contribution in [0.2, 0.25) is 0 Å². The van der Waals surface area contributed by atoms with Gasteiger partial charge in [0.15, 0.2) is 0 Å². The van der Waals surface area contributed by atoms with E-state index in [4.69, 9.17) is 4.42 Å². The van der Waals surface area contributed by atoms with Crippen LogP contribution < -0.4 is 4.90 Å². The fourth-order valence-corrected chi connectivity index (χ4v) is 11.0. The number of fused-ring (bicyclic) bond motifs is 9. The SMILES string of the molecule is c1ccc(C2(c3ccccc3)c3ccccc3-c3c(N(c4ccc(-c5cccc6ccccc56)cc4)c4cccc(-c5cccc6oc7c8ccccc8ccc7c56)c4)cccc32)cc1. The molecule has 1 aromatic heterocycles.